The second kappa shape index (κ2) is 8.39. The van der Waals surface area contributed by atoms with E-state index in [4.69, 9.17) is 0 Å². The van der Waals surface area contributed by atoms with E-state index in [1.54, 1.807) is 0 Å². The minimum Gasteiger partial charge on any atom is -0.311 e. The van der Waals surface area contributed by atoms with E-state index in [2.05, 4.69) is 80.3 Å². The molecular formula is C33H28N2O. The normalized spacial score (nSPS) is 12.9. The largest absolute Gasteiger partial charge is 0.311 e. The predicted octanol–water partition coefficient (Wildman–Crippen LogP) is 8.90. The van der Waals surface area contributed by atoms with Crippen molar-refractivity contribution in [2.75, 3.05) is 9.80 Å². The SMILES string of the molecule is CC(C)(C)c1ccc2c3c(cccc13)C(=O)N2c1ccc(N(c2ccccc2)c2ccccc2)cc1. The zero-order valence-corrected chi connectivity index (χ0v) is 20.8. The van der Waals surface area contributed by atoms with Crippen molar-refractivity contribution < 1.29 is 4.79 Å². The lowest BCUT2D eigenvalue weighted by Gasteiger charge is -2.26. The molecular weight excluding hydrogens is 440 g/mol. The van der Waals surface area contributed by atoms with Crippen molar-refractivity contribution >= 4 is 45.1 Å². The Bertz CT molecular complexity index is 1530. The first kappa shape index (κ1) is 22.1. The van der Waals surface area contributed by atoms with Crippen LogP contribution in [0.15, 0.2) is 115 Å². The Kier molecular flexibility index (Phi) is 5.15. The molecule has 0 aromatic heterocycles. The highest BCUT2D eigenvalue weighted by Crippen LogP contribution is 2.45. The summed E-state index contributed by atoms with van der Waals surface area (Å²) in [5, 5.41) is 2.21. The second-order valence-corrected chi connectivity index (χ2v) is 10.3. The van der Waals surface area contributed by atoms with E-state index in [9.17, 15) is 4.79 Å². The van der Waals surface area contributed by atoms with Gasteiger partial charge in [-0.25, -0.2) is 0 Å². The summed E-state index contributed by atoms with van der Waals surface area (Å²) >= 11 is 0. The van der Waals surface area contributed by atoms with E-state index in [1.807, 2.05) is 65.6 Å². The number of rotatable bonds is 4. The third-order valence-electron chi connectivity index (χ3n) is 6.90. The van der Waals surface area contributed by atoms with Gasteiger partial charge in [0.1, 0.15) is 0 Å². The zero-order chi connectivity index (χ0) is 24.9. The van der Waals surface area contributed by atoms with Crippen molar-refractivity contribution in [3.8, 4) is 0 Å². The van der Waals surface area contributed by atoms with Crippen LogP contribution in [-0.2, 0) is 5.41 Å². The van der Waals surface area contributed by atoms with Gasteiger partial charge in [0.25, 0.3) is 5.91 Å². The molecule has 176 valence electrons. The third kappa shape index (κ3) is 3.56. The topological polar surface area (TPSA) is 23.6 Å². The van der Waals surface area contributed by atoms with Gasteiger partial charge >= 0.3 is 0 Å². The second-order valence-electron chi connectivity index (χ2n) is 10.3. The monoisotopic (exact) mass is 468 g/mol. The highest BCUT2D eigenvalue weighted by molar-refractivity contribution is 6.28. The summed E-state index contributed by atoms with van der Waals surface area (Å²) < 4.78 is 0. The fourth-order valence-electron chi connectivity index (χ4n) is 5.24. The molecule has 5 aromatic carbocycles. The molecule has 6 rings (SSSR count). The molecule has 5 aromatic rings. The molecule has 1 aliphatic heterocycles. The first-order valence-corrected chi connectivity index (χ1v) is 12.3. The van der Waals surface area contributed by atoms with Crippen LogP contribution in [0.4, 0.5) is 28.4 Å². The summed E-state index contributed by atoms with van der Waals surface area (Å²) in [5.74, 6) is 0.0254. The molecule has 36 heavy (non-hydrogen) atoms. The molecule has 3 heteroatoms. The van der Waals surface area contributed by atoms with E-state index >= 15 is 0 Å². The van der Waals surface area contributed by atoms with Gasteiger partial charge in [0, 0.05) is 28.1 Å². The van der Waals surface area contributed by atoms with Gasteiger partial charge in [-0.15, -0.1) is 0 Å². The van der Waals surface area contributed by atoms with Crippen molar-refractivity contribution in [1.82, 2.24) is 0 Å². The fraction of sp³-hybridized carbons (Fsp3) is 0.121. The van der Waals surface area contributed by atoms with Gasteiger partial charge in [0.15, 0.2) is 0 Å². The fourth-order valence-corrected chi connectivity index (χ4v) is 5.24. The molecule has 0 unspecified atom stereocenters. The van der Waals surface area contributed by atoms with Crippen LogP contribution in [0, 0.1) is 0 Å². The van der Waals surface area contributed by atoms with Gasteiger partial charge in [-0.3, -0.25) is 9.69 Å². The van der Waals surface area contributed by atoms with Crippen molar-refractivity contribution in [3.63, 3.8) is 0 Å². The summed E-state index contributed by atoms with van der Waals surface area (Å²) in [6.45, 7) is 6.65. The quantitative estimate of drug-likeness (QED) is 0.263. The number of hydrogen-bond donors (Lipinski definition) is 0. The molecule has 0 saturated heterocycles. The Morgan fingerprint density at radius 2 is 1.19 bits per heavy atom. The van der Waals surface area contributed by atoms with Gasteiger partial charge in [0.2, 0.25) is 0 Å². The lowest BCUT2D eigenvalue weighted by atomic mass is 9.83. The number of hydrogen-bond acceptors (Lipinski definition) is 2. The summed E-state index contributed by atoms with van der Waals surface area (Å²) in [6, 6.07) is 39.3. The highest BCUT2D eigenvalue weighted by Gasteiger charge is 2.33. The maximum atomic E-state index is 13.6. The molecule has 0 radical (unpaired) electrons. The Hall–Kier alpha value is -4.37. The maximum absolute atomic E-state index is 13.6. The van der Waals surface area contributed by atoms with E-state index in [0.717, 1.165) is 44.8 Å². The minimum absolute atomic E-state index is 0.00634. The summed E-state index contributed by atoms with van der Waals surface area (Å²) in [5.41, 5.74) is 7.05. The number of benzene rings is 5. The van der Waals surface area contributed by atoms with Crippen LogP contribution in [0.3, 0.4) is 0 Å². The van der Waals surface area contributed by atoms with Crippen LogP contribution in [0.5, 0.6) is 0 Å². The lowest BCUT2D eigenvalue weighted by molar-refractivity contribution is 0.100. The molecule has 1 aliphatic rings. The Morgan fingerprint density at radius 3 is 1.78 bits per heavy atom. The third-order valence-corrected chi connectivity index (χ3v) is 6.90. The van der Waals surface area contributed by atoms with Gasteiger partial charge in [-0.05, 0) is 77.0 Å². The molecule has 0 spiro atoms. The maximum Gasteiger partial charge on any atom is 0.263 e. The van der Waals surface area contributed by atoms with E-state index in [-0.39, 0.29) is 11.3 Å². The smallest absolute Gasteiger partial charge is 0.263 e. The zero-order valence-electron chi connectivity index (χ0n) is 20.8. The molecule has 1 heterocycles. The summed E-state index contributed by atoms with van der Waals surface area (Å²) in [6.07, 6.45) is 0. The Balaban J connectivity index is 1.43. The first-order valence-electron chi connectivity index (χ1n) is 12.3. The van der Waals surface area contributed by atoms with Gasteiger partial charge in [-0.1, -0.05) is 75.4 Å². The van der Waals surface area contributed by atoms with Gasteiger partial charge < -0.3 is 4.90 Å². The average Bonchev–Trinajstić information content (AvgIpc) is 3.18. The van der Waals surface area contributed by atoms with Gasteiger partial charge in [-0.2, -0.15) is 0 Å². The van der Waals surface area contributed by atoms with Crippen LogP contribution in [0.1, 0.15) is 36.7 Å². The standard InChI is InChI=1S/C33H28N2O/c1-33(2,3)29-21-22-30-31-27(29)15-10-16-28(31)32(36)35(30)26-19-17-25(18-20-26)34(23-11-6-4-7-12-23)24-13-8-5-9-14-24/h4-22H,1-3H3. The van der Waals surface area contributed by atoms with Crippen LogP contribution in [-0.4, -0.2) is 5.91 Å². The molecule has 0 N–H and O–H groups in total. The number of nitrogens with zero attached hydrogens (tertiary/aromatic N) is 2. The number of anilines is 5. The molecule has 3 nitrogen and oxygen atoms in total. The average molecular weight is 469 g/mol. The molecule has 0 bridgehead atoms. The van der Waals surface area contributed by atoms with Crippen molar-refractivity contribution in [1.29, 1.82) is 0 Å². The van der Waals surface area contributed by atoms with Crippen LogP contribution < -0.4 is 9.80 Å². The molecule has 0 fully saturated rings. The van der Waals surface area contributed by atoms with Crippen molar-refractivity contribution in [2.45, 2.75) is 26.2 Å². The molecule has 0 atom stereocenters. The van der Waals surface area contributed by atoms with E-state index < -0.39 is 0 Å². The number of para-hydroxylation sites is 2. The minimum atomic E-state index is -0.00634. The lowest BCUT2D eigenvalue weighted by Crippen LogP contribution is -2.21. The van der Waals surface area contributed by atoms with Crippen LogP contribution >= 0.6 is 0 Å². The first-order chi connectivity index (χ1) is 17.4. The van der Waals surface area contributed by atoms with Crippen molar-refractivity contribution in [3.05, 3.63) is 126 Å². The number of carbonyl (C=O) groups is 1. The number of carbonyl (C=O) groups excluding carboxylic acids is 1. The molecule has 0 saturated carbocycles. The van der Waals surface area contributed by atoms with Gasteiger partial charge in [0.05, 0.1) is 11.3 Å². The van der Waals surface area contributed by atoms with Crippen LogP contribution in [0.2, 0.25) is 0 Å². The Morgan fingerprint density at radius 1 is 0.611 bits per heavy atom. The highest BCUT2D eigenvalue weighted by atomic mass is 16.2. The Labute approximate surface area is 212 Å². The number of amides is 1. The van der Waals surface area contributed by atoms with E-state index in [0.29, 0.717) is 0 Å². The van der Waals surface area contributed by atoms with Crippen molar-refractivity contribution in [2.24, 2.45) is 0 Å². The molecule has 1 amide bonds. The van der Waals surface area contributed by atoms with E-state index in [1.165, 1.54) is 5.56 Å². The summed E-state index contributed by atoms with van der Waals surface area (Å²) in [4.78, 5) is 17.7. The van der Waals surface area contributed by atoms with Crippen LogP contribution in [0.25, 0.3) is 10.8 Å². The predicted molar refractivity (Wildman–Crippen MR) is 150 cm³/mol. The summed E-state index contributed by atoms with van der Waals surface area (Å²) in [7, 11) is 0. The molecule has 0 aliphatic carbocycles.